The van der Waals surface area contributed by atoms with E-state index in [4.69, 9.17) is 4.74 Å². The molecule has 1 heterocycles. The topological polar surface area (TPSA) is 69.6 Å². The molecule has 0 aromatic heterocycles. The van der Waals surface area contributed by atoms with Crippen LogP contribution in [0.5, 0.6) is 0 Å². The Labute approximate surface area is 122 Å². The summed E-state index contributed by atoms with van der Waals surface area (Å²) in [4.78, 5) is 11.2. The van der Waals surface area contributed by atoms with Crippen LogP contribution >= 0.6 is 0 Å². The Morgan fingerprint density at radius 1 is 1.30 bits per heavy atom. The van der Waals surface area contributed by atoms with Crippen molar-refractivity contribution in [2.45, 2.75) is 89.9 Å². The van der Waals surface area contributed by atoms with Gasteiger partial charge in [0.1, 0.15) is 0 Å². The van der Waals surface area contributed by atoms with Gasteiger partial charge in [-0.1, -0.05) is 26.7 Å². The second kappa shape index (κ2) is 6.02. The zero-order chi connectivity index (χ0) is 15.6. The van der Waals surface area contributed by atoms with Crippen molar-refractivity contribution >= 4 is 5.97 Å². The molecule has 2 atom stereocenters. The number of ether oxygens (including phenoxy) is 1. The molecule has 1 aliphatic rings. The molecule has 0 spiro atoms. The Morgan fingerprint density at radius 2 is 1.80 bits per heavy atom. The van der Waals surface area contributed by atoms with E-state index < -0.39 is 28.7 Å². The number of carbonyl (C=O) groups excluding carboxylic acids is 1. The number of hydrogen-bond donors (Lipinski definition) is 1. The molecule has 1 saturated heterocycles. The largest absolute Gasteiger partial charge is 0.550 e. The van der Waals surface area contributed by atoms with Crippen molar-refractivity contribution in [3.8, 4) is 0 Å². The zero-order valence-corrected chi connectivity index (χ0v) is 13.5. The van der Waals surface area contributed by atoms with E-state index in [0.29, 0.717) is 25.7 Å². The van der Waals surface area contributed by atoms with Gasteiger partial charge in [-0.3, -0.25) is 0 Å². The number of aliphatic carboxylic acids is 1. The van der Waals surface area contributed by atoms with Gasteiger partial charge >= 0.3 is 0 Å². The SMILES string of the molecule is CCCC(O)(CCC)[C@@]1(C)CC[C@H](C(=O)[O-])C(C)(C)O1. The maximum Gasteiger partial charge on any atom is 0.0947 e. The minimum absolute atomic E-state index is 0.488. The van der Waals surface area contributed by atoms with Crippen LogP contribution in [0.2, 0.25) is 0 Å². The van der Waals surface area contributed by atoms with Crippen LogP contribution in [0.1, 0.15) is 73.1 Å². The van der Waals surface area contributed by atoms with Gasteiger partial charge in [0, 0.05) is 11.9 Å². The molecule has 1 fully saturated rings. The molecule has 0 amide bonds. The highest BCUT2D eigenvalue weighted by Gasteiger charge is 2.53. The molecule has 0 radical (unpaired) electrons. The van der Waals surface area contributed by atoms with E-state index in [0.717, 1.165) is 12.8 Å². The lowest BCUT2D eigenvalue weighted by atomic mass is 9.69. The smallest absolute Gasteiger partial charge is 0.0947 e. The number of carbonyl (C=O) groups is 1. The van der Waals surface area contributed by atoms with E-state index in [9.17, 15) is 15.0 Å². The van der Waals surface area contributed by atoms with E-state index in [-0.39, 0.29) is 0 Å². The molecule has 4 heteroatoms. The van der Waals surface area contributed by atoms with Gasteiger partial charge in [0.25, 0.3) is 0 Å². The summed E-state index contributed by atoms with van der Waals surface area (Å²) in [6.45, 7) is 9.57. The van der Waals surface area contributed by atoms with Crippen LogP contribution in [0.15, 0.2) is 0 Å². The van der Waals surface area contributed by atoms with Crippen molar-refractivity contribution in [2.24, 2.45) is 5.92 Å². The number of rotatable bonds is 6. The molecule has 0 unspecified atom stereocenters. The average molecular weight is 285 g/mol. The molecule has 4 nitrogen and oxygen atoms in total. The maximum atomic E-state index is 11.2. The summed E-state index contributed by atoms with van der Waals surface area (Å²) in [6.07, 6.45) is 4.12. The van der Waals surface area contributed by atoms with Gasteiger partial charge in [0.05, 0.1) is 16.8 Å². The Hall–Kier alpha value is -0.610. The van der Waals surface area contributed by atoms with Gasteiger partial charge in [0.15, 0.2) is 0 Å². The first kappa shape index (κ1) is 17.4. The quantitative estimate of drug-likeness (QED) is 0.810. The van der Waals surface area contributed by atoms with Crippen LogP contribution in [0, 0.1) is 5.92 Å². The van der Waals surface area contributed by atoms with Gasteiger partial charge < -0.3 is 19.7 Å². The van der Waals surface area contributed by atoms with E-state index in [1.165, 1.54) is 0 Å². The fourth-order valence-corrected chi connectivity index (χ4v) is 3.68. The molecule has 118 valence electrons. The van der Waals surface area contributed by atoms with Gasteiger partial charge in [-0.25, -0.2) is 0 Å². The predicted molar refractivity (Wildman–Crippen MR) is 76.1 cm³/mol. The molecule has 1 N–H and O–H groups in total. The predicted octanol–water partition coefficient (Wildman–Crippen LogP) is 2.03. The van der Waals surface area contributed by atoms with E-state index in [2.05, 4.69) is 0 Å². The second-order valence-electron chi connectivity index (χ2n) is 6.88. The van der Waals surface area contributed by atoms with Crippen molar-refractivity contribution < 1.29 is 19.7 Å². The average Bonchev–Trinajstić information content (AvgIpc) is 2.27. The van der Waals surface area contributed by atoms with Crippen LogP contribution in [0.4, 0.5) is 0 Å². The highest BCUT2D eigenvalue weighted by atomic mass is 16.5. The minimum Gasteiger partial charge on any atom is -0.550 e. The van der Waals surface area contributed by atoms with Crippen molar-refractivity contribution in [1.29, 1.82) is 0 Å². The molecule has 1 rings (SSSR count). The van der Waals surface area contributed by atoms with E-state index in [1.54, 1.807) is 13.8 Å². The third-order valence-electron chi connectivity index (χ3n) is 4.83. The van der Waals surface area contributed by atoms with Gasteiger partial charge in [-0.15, -0.1) is 0 Å². The summed E-state index contributed by atoms with van der Waals surface area (Å²) in [7, 11) is 0. The van der Waals surface area contributed by atoms with Crippen molar-refractivity contribution in [2.75, 3.05) is 0 Å². The number of hydrogen-bond acceptors (Lipinski definition) is 4. The first-order chi connectivity index (χ1) is 9.12. The first-order valence-electron chi connectivity index (χ1n) is 7.75. The second-order valence-corrected chi connectivity index (χ2v) is 6.88. The highest BCUT2D eigenvalue weighted by Crippen LogP contribution is 2.47. The van der Waals surface area contributed by atoms with Crippen molar-refractivity contribution in [3.63, 3.8) is 0 Å². The van der Waals surface area contributed by atoms with Crippen molar-refractivity contribution in [3.05, 3.63) is 0 Å². The lowest BCUT2D eigenvalue weighted by Gasteiger charge is -2.55. The van der Waals surface area contributed by atoms with Gasteiger partial charge in [-0.05, 0) is 46.5 Å². The molecular weight excluding hydrogens is 256 g/mol. The number of aliphatic hydroxyl groups is 1. The molecule has 1 aliphatic heterocycles. The fraction of sp³-hybridized carbons (Fsp3) is 0.938. The van der Waals surface area contributed by atoms with Gasteiger partial charge in [0.2, 0.25) is 0 Å². The minimum atomic E-state index is -1.06. The van der Waals surface area contributed by atoms with Crippen molar-refractivity contribution in [1.82, 2.24) is 0 Å². The summed E-state index contributed by atoms with van der Waals surface area (Å²) in [5.41, 5.74) is -2.42. The Kier molecular flexibility index (Phi) is 5.25. The normalized spacial score (nSPS) is 30.2. The zero-order valence-electron chi connectivity index (χ0n) is 13.5. The number of carboxylic acid groups (broad SMARTS) is 1. The van der Waals surface area contributed by atoms with E-state index in [1.807, 2.05) is 20.8 Å². The molecule has 0 aromatic carbocycles. The van der Waals surface area contributed by atoms with Crippen LogP contribution in [-0.4, -0.2) is 27.9 Å². The molecule has 20 heavy (non-hydrogen) atoms. The van der Waals surface area contributed by atoms with E-state index >= 15 is 0 Å². The molecular formula is C16H29O4-. The van der Waals surface area contributed by atoms with Crippen LogP contribution < -0.4 is 5.11 Å². The monoisotopic (exact) mass is 285 g/mol. The summed E-state index contributed by atoms with van der Waals surface area (Å²) >= 11 is 0. The standard InChI is InChI=1S/C16H30O4/c1-6-9-16(19,10-7-2)15(5)11-8-12(13(17)18)14(3,4)20-15/h12,19H,6-11H2,1-5H3,(H,17,18)/p-1/t12-,15-/m1/s1. The van der Waals surface area contributed by atoms with Crippen LogP contribution in [-0.2, 0) is 9.53 Å². The summed E-state index contributed by atoms with van der Waals surface area (Å²) in [6, 6.07) is 0. The molecule has 0 aliphatic carbocycles. The molecule has 0 aromatic rings. The Morgan fingerprint density at radius 3 is 2.15 bits per heavy atom. The fourth-order valence-electron chi connectivity index (χ4n) is 3.68. The molecule has 0 saturated carbocycles. The highest BCUT2D eigenvalue weighted by molar-refractivity contribution is 5.69. The van der Waals surface area contributed by atoms with Gasteiger partial charge in [-0.2, -0.15) is 0 Å². The number of carboxylic acids is 1. The van der Waals surface area contributed by atoms with Crippen LogP contribution in [0.3, 0.4) is 0 Å². The summed E-state index contributed by atoms with van der Waals surface area (Å²) < 4.78 is 6.13. The summed E-state index contributed by atoms with van der Waals surface area (Å²) in [5, 5.41) is 22.3. The maximum absolute atomic E-state index is 11.2. The lowest BCUT2D eigenvalue weighted by molar-refractivity contribution is -0.331. The lowest BCUT2D eigenvalue weighted by Crippen LogP contribution is -2.63. The molecule has 0 bridgehead atoms. The Bertz CT molecular complexity index is 344. The summed E-state index contributed by atoms with van der Waals surface area (Å²) in [5.74, 6) is -1.69. The van der Waals surface area contributed by atoms with Crippen LogP contribution in [0.25, 0.3) is 0 Å². The third-order valence-corrected chi connectivity index (χ3v) is 4.83. The first-order valence-corrected chi connectivity index (χ1v) is 7.75. The Balaban J connectivity index is 3.02. The third kappa shape index (κ3) is 3.17.